The molecule has 0 saturated carbocycles. The minimum absolute atomic E-state index is 0.0148. The van der Waals surface area contributed by atoms with E-state index in [0.29, 0.717) is 0 Å². The van der Waals surface area contributed by atoms with Crippen LogP contribution in [0, 0.1) is 6.92 Å². The number of piperidine rings is 2. The summed E-state index contributed by atoms with van der Waals surface area (Å²) >= 11 is 0. The molecule has 6 heteroatoms. The molecule has 6 nitrogen and oxygen atoms in total. The quantitative estimate of drug-likeness (QED) is 0.841. The molecule has 2 aliphatic heterocycles. The Balaban J connectivity index is 1.37. The highest BCUT2D eigenvalue weighted by atomic mass is 16.3. The number of likely N-dealkylation sites (tertiary alicyclic amines) is 1. The fraction of sp³-hybridized carbons (Fsp3) is 0.565. The normalized spacial score (nSPS) is 21.4. The van der Waals surface area contributed by atoms with Crippen LogP contribution in [0.3, 0.4) is 0 Å². The van der Waals surface area contributed by atoms with Crippen molar-refractivity contribution in [1.82, 2.24) is 14.7 Å². The number of hydrogen-bond donors (Lipinski definition) is 1. The highest BCUT2D eigenvalue weighted by Gasteiger charge is 2.24. The first-order chi connectivity index (χ1) is 14.1. The number of nitrogens with zero attached hydrogens (tertiary/aromatic N) is 4. The molecule has 1 atom stereocenters. The van der Waals surface area contributed by atoms with Crippen LogP contribution < -0.4 is 10.5 Å². The van der Waals surface area contributed by atoms with Crippen LogP contribution in [0.1, 0.15) is 42.9 Å². The molecular weight excluding hydrogens is 364 g/mol. The third-order valence-corrected chi connectivity index (χ3v) is 6.31. The smallest absolute Gasteiger partial charge is 0.269 e. The molecule has 0 radical (unpaired) electrons. The van der Waals surface area contributed by atoms with Gasteiger partial charge in [0.05, 0.1) is 24.0 Å². The SMILES string of the molecule is Cc1ccc(CCN2CCC[C@@H](n3ncc(N4CCC(O)CC4)cc3=O)C2)cc1. The standard InChI is InChI=1S/C23H32N4O2/c1-18-4-6-19(7-5-18)8-12-25-11-2-3-20(17-25)27-23(29)15-21(16-24-27)26-13-9-22(28)10-14-26/h4-7,15-16,20,22,28H,2-3,8-14,17H2,1H3/t20-/m1/s1. The number of benzene rings is 1. The molecule has 1 N–H and O–H groups in total. The minimum Gasteiger partial charge on any atom is -0.393 e. The Bertz CT molecular complexity index is 856. The molecule has 156 valence electrons. The van der Waals surface area contributed by atoms with E-state index in [0.717, 1.165) is 70.5 Å². The Kier molecular flexibility index (Phi) is 6.31. The predicted molar refractivity (Wildman–Crippen MR) is 116 cm³/mol. The molecule has 2 fully saturated rings. The second kappa shape index (κ2) is 9.09. The number of aromatic nitrogens is 2. The average molecular weight is 397 g/mol. The maximum Gasteiger partial charge on any atom is 0.269 e. The van der Waals surface area contributed by atoms with E-state index in [1.54, 1.807) is 10.7 Å². The number of anilines is 1. The largest absolute Gasteiger partial charge is 0.393 e. The first-order valence-electron chi connectivity index (χ1n) is 10.9. The van der Waals surface area contributed by atoms with Crippen molar-refractivity contribution in [2.75, 3.05) is 37.6 Å². The summed E-state index contributed by atoms with van der Waals surface area (Å²) in [6, 6.07) is 10.6. The molecule has 0 aliphatic carbocycles. The van der Waals surface area contributed by atoms with Crippen LogP contribution in [0.4, 0.5) is 5.69 Å². The van der Waals surface area contributed by atoms with Gasteiger partial charge >= 0.3 is 0 Å². The monoisotopic (exact) mass is 396 g/mol. The zero-order valence-corrected chi connectivity index (χ0v) is 17.3. The second-order valence-corrected chi connectivity index (χ2v) is 8.55. The van der Waals surface area contributed by atoms with Gasteiger partial charge in [-0.2, -0.15) is 5.10 Å². The Morgan fingerprint density at radius 1 is 1.10 bits per heavy atom. The number of aliphatic hydroxyl groups excluding tert-OH is 1. The zero-order valence-electron chi connectivity index (χ0n) is 17.3. The van der Waals surface area contributed by atoms with Gasteiger partial charge < -0.3 is 14.9 Å². The van der Waals surface area contributed by atoms with Gasteiger partial charge in [0.25, 0.3) is 5.56 Å². The van der Waals surface area contributed by atoms with Crippen LogP contribution >= 0.6 is 0 Å². The molecule has 1 aromatic heterocycles. The Labute approximate surface area is 172 Å². The first-order valence-corrected chi connectivity index (χ1v) is 10.9. The van der Waals surface area contributed by atoms with E-state index in [2.05, 4.69) is 46.1 Å². The van der Waals surface area contributed by atoms with Crippen molar-refractivity contribution in [3.8, 4) is 0 Å². The highest BCUT2D eigenvalue weighted by Crippen LogP contribution is 2.22. The van der Waals surface area contributed by atoms with E-state index in [1.807, 2.05) is 6.20 Å². The van der Waals surface area contributed by atoms with Gasteiger partial charge in [0.2, 0.25) is 0 Å². The lowest BCUT2D eigenvalue weighted by molar-refractivity contribution is 0.145. The van der Waals surface area contributed by atoms with Gasteiger partial charge in [-0.25, -0.2) is 4.68 Å². The van der Waals surface area contributed by atoms with Crippen molar-refractivity contribution in [3.05, 3.63) is 58.0 Å². The summed E-state index contributed by atoms with van der Waals surface area (Å²) in [5.74, 6) is 0. The summed E-state index contributed by atoms with van der Waals surface area (Å²) in [7, 11) is 0. The second-order valence-electron chi connectivity index (χ2n) is 8.55. The maximum absolute atomic E-state index is 12.8. The van der Waals surface area contributed by atoms with Crippen LogP contribution in [0.25, 0.3) is 0 Å². The van der Waals surface area contributed by atoms with Gasteiger partial charge in [0.15, 0.2) is 0 Å². The third-order valence-electron chi connectivity index (χ3n) is 6.31. The van der Waals surface area contributed by atoms with E-state index in [4.69, 9.17) is 0 Å². The summed E-state index contributed by atoms with van der Waals surface area (Å²) in [6.45, 7) is 6.66. The molecule has 0 amide bonds. The van der Waals surface area contributed by atoms with E-state index in [9.17, 15) is 9.90 Å². The average Bonchev–Trinajstić information content (AvgIpc) is 2.74. The summed E-state index contributed by atoms with van der Waals surface area (Å²) < 4.78 is 1.68. The molecule has 2 saturated heterocycles. The third kappa shape index (κ3) is 5.06. The Morgan fingerprint density at radius 3 is 2.59 bits per heavy atom. The first kappa shape index (κ1) is 20.1. The lowest BCUT2D eigenvalue weighted by atomic mass is 10.0. The van der Waals surface area contributed by atoms with Gasteiger partial charge in [0.1, 0.15) is 0 Å². The highest BCUT2D eigenvalue weighted by molar-refractivity contribution is 5.43. The molecule has 29 heavy (non-hydrogen) atoms. The van der Waals surface area contributed by atoms with Crippen molar-refractivity contribution < 1.29 is 5.11 Å². The van der Waals surface area contributed by atoms with Crippen molar-refractivity contribution in [2.45, 2.75) is 51.2 Å². The van der Waals surface area contributed by atoms with Crippen LogP contribution in [0.5, 0.6) is 0 Å². The molecule has 1 aromatic carbocycles. The molecule has 0 unspecified atom stereocenters. The molecule has 2 aromatic rings. The number of hydrogen-bond acceptors (Lipinski definition) is 5. The summed E-state index contributed by atoms with van der Waals surface area (Å²) in [6.07, 6.45) is 6.25. The van der Waals surface area contributed by atoms with Crippen molar-refractivity contribution in [3.63, 3.8) is 0 Å². The van der Waals surface area contributed by atoms with Crippen molar-refractivity contribution >= 4 is 5.69 Å². The zero-order chi connectivity index (χ0) is 20.2. The van der Waals surface area contributed by atoms with E-state index in [1.165, 1.54) is 11.1 Å². The molecule has 4 rings (SSSR count). The van der Waals surface area contributed by atoms with E-state index < -0.39 is 0 Å². The predicted octanol–water partition coefficient (Wildman–Crippen LogP) is 2.39. The lowest BCUT2D eigenvalue weighted by Crippen LogP contribution is -2.42. The molecule has 0 bridgehead atoms. The topological polar surface area (TPSA) is 61.6 Å². The van der Waals surface area contributed by atoms with Gasteiger partial charge in [-0.15, -0.1) is 0 Å². The minimum atomic E-state index is -0.215. The van der Waals surface area contributed by atoms with Crippen molar-refractivity contribution in [2.24, 2.45) is 0 Å². The molecule has 0 spiro atoms. The van der Waals surface area contributed by atoms with E-state index in [-0.39, 0.29) is 17.7 Å². The molecule has 3 heterocycles. The lowest BCUT2D eigenvalue weighted by Gasteiger charge is -2.34. The van der Waals surface area contributed by atoms with Crippen LogP contribution in [-0.2, 0) is 6.42 Å². The van der Waals surface area contributed by atoms with Crippen LogP contribution in [0.2, 0.25) is 0 Å². The summed E-state index contributed by atoms with van der Waals surface area (Å²) in [5.41, 5.74) is 3.52. The van der Waals surface area contributed by atoms with Gasteiger partial charge in [-0.3, -0.25) is 4.79 Å². The molecular formula is C23H32N4O2. The summed E-state index contributed by atoms with van der Waals surface area (Å²) in [5, 5.41) is 14.2. The number of aliphatic hydroxyl groups is 1. The Morgan fingerprint density at radius 2 is 1.86 bits per heavy atom. The number of aryl methyl sites for hydroxylation is 1. The fourth-order valence-electron chi connectivity index (χ4n) is 4.46. The van der Waals surface area contributed by atoms with Crippen LogP contribution in [0.15, 0.2) is 41.3 Å². The number of rotatable bonds is 5. The Hall–Kier alpha value is -2.18. The van der Waals surface area contributed by atoms with Gasteiger partial charge in [-0.1, -0.05) is 29.8 Å². The van der Waals surface area contributed by atoms with Gasteiger partial charge in [0, 0.05) is 32.2 Å². The van der Waals surface area contributed by atoms with Crippen LogP contribution in [-0.4, -0.2) is 58.6 Å². The van der Waals surface area contributed by atoms with E-state index >= 15 is 0 Å². The maximum atomic E-state index is 12.8. The molecule has 2 aliphatic rings. The fourth-order valence-corrected chi connectivity index (χ4v) is 4.46. The van der Waals surface area contributed by atoms with Crippen molar-refractivity contribution in [1.29, 1.82) is 0 Å². The summed E-state index contributed by atoms with van der Waals surface area (Å²) in [4.78, 5) is 17.4. The van der Waals surface area contributed by atoms with Gasteiger partial charge in [-0.05, 0) is 51.1 Å².